The van der Waals surface area contributed by atoms with Crippen LogP contribution in [-0.4, -0.2) is 64.1 Å². The summed E-state index contributed by atoms with van der Waals surface area (Å²) >= 11 is 0. The number of H-pyrrole nitrogens is 2. The van der Waals surface area contributed by atoms with Crippen LogP contribution in [0, 0.1) is 0 Å². The second kappa shape index (κ2) is 5.28. The number of fused-ring (bicyclic) bond motifs is 2. The number of hydrogen-bond acceptors (Lipinski definition) is 4. The molecule has 27 heavy (non-hydrogen) atoms. The van der Waals surface area contributed by atoms with Crippen molar-refractivity contribution in [3.05, 3.63) is 29.1 Å². The number of alkyl halides is 1. The topological polar surface area (TPSA) is 84.7 Å². The van der Waals surface area contributed by atoms with Gasteiger partial charge in [0.2, 0.25) is 0 Å². The van der Waals surface area contributed by atoms with E-state index in [0.29, 0.717) is 42.5 Å². The molecule has 1 atom stereocenters. The maximum absolute atomic E-state index is 14.0. The molecule has 9 heteroatoms. The molecular weight excluding hydrogens is 353 g/mol. The quantitative estimate of drug-likeness (QED) is 0.843. The Bertz CT molecular complexity index is 962. The Labute approximate surface area is 154 Å². The maximum Gasteiger partial charge on any atom is 0.270 e. The van der Waals surface area contributed by atoms with Gasteiger partial charge in [0, 0.05) is 38.2 Å². The highest BCUT2D eigenvalue weighted by molar-refractivity contribution is 5.98. The third kappa shape index (κ3) is 2.41. The highest BCUT2D eigenvalue weighted by atomic mass is 19.1. The highest BCUT2D eigenvalue weighted by Gasteiger charge is 2.38. The normalized spacial score (nSPS) is 23.8. The van der Waals surface area contributed by atoms with Crippen LogP contribution in [-0.2, 0) is 6.54 Å². The van der Waals surface area contributed by atoms with Gasteiger partial charge in [0.15, 0.2) is 18.3 Å². The number of carbonyl (C=O) groups is 2. The molecule has 3 aliphatic rings. The molecule has 1 saturated heterocycles. The van der Waals surface area contributed by atoms with Crippen LogP contribution in [0.15, 0.2) is 12.1 Å². The van der Waals surface area contributed by atoms with E-state index in [0.717, 1.165) is 11.4 Å². The second-order valence-electron chi connectivity index (χ2n) is 7.70. The Hall–Kier alpha value is -2.97. The fraction of sp³-hybridized carbons (Fsp3) is 0.444. The number of nitrogens with zero attached hydrogens (tertiary/aromatic N) is 3. The van der Waals surface area contributed by atoms with Gasteiger partial charge in [-0.1, -0.05) is 0 Å². The third-order valence-electron chi connectivity index (χ3n) is 5.47. The van der Waals surface area contributed by atoms with Crippen molar-refractivity contribution in [3.63, 3.8) is 0 Å². The van der Waals surface area contributed by atoms with E-state index in [9.17, 15) is 14.0 Å². The molecule has 8 nitrogen and oxygen atoms in total. The first kappa shape index (κ1) is 16.2. The Balaban J connectivity index is 1.40. The molecule has 0 aromatic carbocycles. The van der Waals surface area contributed by atoms with E-state index in [4.69, 9.17) is 4.74 Å². The lowest BCUT2D eigenvalue weighted by molar-refractivity contribution is 0.0755. The van der Waals surface area contributed by atoms with E-state index in [1.807, 2.05) is 11.0 Å². The van der Waals surface area contributed by atoms with Crippen molar-refractivity contribution in [2.24, 2.45) is 0 Å². The molecule has 2 aromatic heterocycles. The van der Waals surface area contributed by atoms with E-state index >= 15 is 0 Å². The zero-order valence-electron chi connectivity index (χ0n) is 15.1. The fourth-order valence-corrected chi connectivity index (χ4v) is 3.97. The number of nitrogens with one attached hydrogen (secondary N) is 2. The lowest BCUT2D eigenvalue weighted by atomic mass is 10.1. The van der Waals surface area contributed by atoms with Gasteiger partial charge in [-0.15, -0.1) is 0 Å². The van der Waals surface area contributed by atoms with E-state index in [1.54, 1.807) is 18.0 Å². The van der Waals surface area contributed by atoms with E-state index in [-0.39, 0.29) is 25.1 Å². The number of likely N-dealkylation sites (tertiary alicyclic amines) is 1. The SMILES string of the molecule is CN1Cc2cc(N3COc4cc(C(=O)N5CC[C@](C)(F)C5)[nH]c43)[nH]c2C1=O. The summed E-state index contributed by atoms with van der Waals surface area (Å²) in [5.41, 5.74) is 0.561. The Morgan fingerprint density at radius 1 is 1.33 bits per heavy atom. The molecule has 0 spiro atoms. The average Bonchev–Trinajstić information content (AvgIpc) is 3.37. The van der Waals surface area contributed by atoms with Crippen LogP contribution in [0.4, 0.5) is 16.0 Å². The van der Waals surface area contributed by atoms with Gasteiger partial charge < -0.3 is 24.5 Å². The molecule has 0 saturated carbocycles. The van der Waals surface area contributed by atoms with Crippen LogP contribution in [0.5, 0.6) is 5.75 Å². The maximum atomic E-state index is 14.0. The van der Waals surface area contributed by atoms with Crippen LogP contribution in [0.1, 0.15) is 39.9 Å². The summed E-state index contributed by atoms with van der Waals surface area (Å²) in [7, 11) is 1.76. The second-order valence-corrected chi connectivity index (χ2v) is 7.70. The number of aromatic nitrogens is 2. The molecule has 0 unspecified atom stereocenters. The van der Waals surface area contributed by atoms with Crippen LogP contribution < -0.4 is 9.64 Å². The van der Waals surface area contributed by atoms with Crippen molar-refractivity contribution in [2.75, 3.05) is 31.8 Å². The summed E-state index contributed by atoms with van der Waals surface area (Å²) in [5.74, 6) is 1.68. The van der Waals surface area contributed by atoms with Gasteiger partial charge >= 0.3 is 0 Å². The van der Waals surface area contributed by atoms with Crippen molar-refractivity contribution in [1.82, 2.24) is 19.8 Å². The van der Waals surface area contributed by atoms with Crippen molar-refractivity contribution in [3.8, 4) is 5.75 Å². The summed E-state index contributed by atoms with van der Waals surface area (Å²) in [6.45, 7) is 2.87. The molecule has 2 amide bonds. The van der Waals surface area contributed by atoms with Gasteiger partial charge in [-0.3, -0.25) is 14.5 Å². The zero-order valence-corrected chi connectivity index (χ0v) is 15.1. The van der Waals surface area contributed by atoms with Gasteiger partial charge in [0.05, 0.1) is 6.54 Å². The molecule has 0 radical (unpaired) electrons. The molecule has 2 aromatic rings. The van der Waals surface area contributed by atoms with Crippen LogP contribution in [0.25, 0.3) is 0 Å². The van der Waals surface area contributed by atoms with Crippen molar-refractivity contribution in [1.29, 1.82) is 0 Å². The number of halogens is 1. The van der Waals surface area contributed by atoms with E-state index < -0.39 is 5.67 Å². The van der Waals surface area contributed by atoms with Gasteiger partial charge in [0.1, 0.15) is 22.9 Å². The number of amides is 2. The molecule has 5 heterocycles. The number of carbonyl (C=O) groups excluding carboxylic acids is 2. The van der Waals surface area contributed by atoms with E-state index in [1.165, 1.54) is 11.8 Å². The minimum atomic E-state index is -1.34. The van der Waals surface area contributed by atoms with Gasteiger partial charge in [-0.2, -0.15) is 0 Å². The monoisotopic (exact) mass is 373 g/mol. The first-order valence-corrected chi connectivity index (χ1v) is 8.91. The number of anilines is 2. The summed E-state index contributed by atoms with van der Waals surface area (Å²) in [5, 5.41) is 0. The molecule has 0 aliphatic carbocycles. The molecule has 0 bridgehead atoms. The summed E-state index contributed by atoms with van der Waals surface area (Å²) in [4.78, 5) is 36.1. The standard InChI is InChI=1S/C18H20FN5O3/c1-18(19)3-4-23(8-18)16(25)11-6-12-15(20-11)24(9-27-12)13-5-10-7-22(2)17(26)14(10)21-13/h5-6,20-21H,3-4,7-9H2,1-2H3/t18-/m0/s1. The van der Waals surface area contributed by atoms with Gasteiger partial charge in [0.25, 0.3) is 11.8 Å². The van der Waals surface area contributed by atoms with Crippen LogP contribution >= 0.6 is 0 Å². The summed E-state index contributed by atoms with van der Waals surface area (Å²) in [6, 6.07) is 3.58. The Morgan fingerprint density at radius 2 is 2.15 bits per heavy atom. The number of aromatic amines is 2. The smallest absolute Gasteiger partial charge is 0.270 e. The highest BCUT2D eigenvalue weighted by Crippen LogP contribution is 2.40. The minimum Gasteiger partial charge on any atom is -0.469 e. The number of ether oxygens (including phenoxy) is 1. The first-order chi connectivity index (χ1) is 12.8. The number of rotatable bonds is 2. The van der Waals surface area contributed by atoms with Crippen molar-refractivity contribution < 1.29 is 18.7 Å². The summed E-state index contributed by atoms with van der Waals surface area (Å²) < 4.78 is 19.7. The van der Waals surface area contributed by atoms with Gasteiger partial charge in [-0.05, 0) is 13.0 Å². The number of hydrogen-bond donors (Lipinski definition) is 2. The lowest BCUT2D eigenvalue weighted by Crippen LogP contribution is -2.32. The van der Waals surface area contributed by atoms with Crippen molar-refractivity contribution in [2.45, 2.75) is 25.6 Å². The lowest BCUT2D eigenvalue weighted by Gasteiger charge is -2.18. The van der Waals surface area contributed by atoms with E-state index in [2.05, 4.69) is 9.97 Å². The van der Waals surface area contributed by atoms with Crippen molar-refractivity contribution >= 4 is 23.5 Å². The first-order valence-electron chi connectivity index (χ1n) is 8.91. The van der Waals surface area contributed by atoms with Crippen LogP contribution in [0.3, 0.4) is 0 Å². The molecule has 1 fully saturated rings. The molecular formula is C18H20FN5O3. The largest absolute Gasteiger partial charge is 0.469 e. The summed E-state index contributed by atoms with van der Waals surface area (Å²) in [6.07, 6.45) is 0.346. The Morgan fingerprint density at radius 3 is 2.85 bits per heavy atom. The predicted molar refractivity (Wildman–Crippen MR) is 95.1 cm³/mol. The fourth-order valence-electron chi connectivity index (χ4n) is 3.97. The third-order valence-corrected chi connectivity index (χ3v) is 5.47. The molecule has 3 aliphatic heterocycles. The predicted octanol–water partition coefficient (Wildman–Crippen LogP) is 1.99. The average molecular weight is 373 g/mol. The zero-order chi connectivity index (χ0) is 18.9. The minimum absolute atomic E-state index is 0.0396. The van der Waals surface area contributed by atoms with Gasteiger partial charge in [-0.25, -0.2) is 4.39 Å². The molecule has 2 N–H and O–H groups in total. The molecule has 5 rings (SSSR count). The Kier molecular flexibility index (Phi) is 3.17. The van der Waals surface area contributed by atoms with Crippen LogP contribution in [0.2, 0.25) is 0 Å². The molecule has 142 valence electrons.